The molecular formula is C19H20FN3OS. The van der Waals surface area contributed by atoms with Gasteiger partial charge in [0, 0.05) is 17.9 Å². The van der Waals surface area contributed by atoms with Crippen LogP contribution in [0.1, 0.15) is 31.5 Å². The van der Waals surface area contributed by atoms with Gasteiger partial charge in [0.25, 0.3) is 0 Å². The Morgan fingerprint density at radius 3 is 2.76 bits per heavy atom. The lowest BCUT2D eigenvalue weighted by Crippen LogP contribution is -2.13. The van der Waals surface area contributed by atoms with E-state index in [1.54, 1.807) is 18.2 Å². The zero-order valence-corrected chi connectivity index (χ0v) is 15.1. The predicted molar refractivity (Wildman–Crippen MR) is 97.9 cm³/mol. The van der Waals surface area contributed by atoms with E-state index in [0.717, 1.165) is 12.1 Å². The molecule has 2 aromatic rings. The lowest BCUT2D eigenvalue weighted by Gasteiger charge is -2.09. The fraction of sp³-hybridized carbons (Fsp3) is 0.316. The number of nitriles is 1. The van der Waals surface area contributed by atoms with Gasteiger partial charge in [0.15, 0.2) is 0 Å². The molecule has 0 aliphatic rings. The summed E-state index contributed by atoms with van der Waals surface area (Å²) in [6, 6.07) is 11.8. The van der Waals surface area contributed by atoms with Gasteiger partial charge in [0.2, 0.25) is 5.91 Å². The van der Waals surface area contributed by atoms with E-state index in [2.05, 4.69) is 30.2 Å². The molecule has 6 heteroatoms. The summed E-state index contributed by atoms with van der Waals surface area (Å²) < 4.78 is 13.5. The Kier molecular flexibility index (Phi) is 6.96. The minimum atomic E-state index is -0.460. The van der Waals surface area contributed by atoms with Gasteiger partial charge in [-0.15, -0.1) is 11.8 Å². The highest BCUT2D eigenvalue weighted by Crippen LogP contribution is 2.22. The molecule has 130 valence electrons. The van der Waals surface area contributed by atoms with Crippen molar-refractivity contribution < 1.29 is 9.18 Å². The molecule has 0 saturated heterocycles. The minimum Gasteiger partial charge on any atom is -0.324 e. The molecule has 0 unspecified atom stereocenters. The van der Waals surface area contributed by atoms with Crippen molar-refractivity contribution >= 4 is 23.4 Å². The molecule has 0 radical (unpaired) electrons. The number of benzene rings is 1. The van der Waals surface area contributed by atoms with Crippen molar-refractivity contribution in [2.75, 3.05) is 11.1 Å². The van der Waals surface area contributed by atoms with Gasteiger partial charge >= 0.3 is 0 Å². The van der Waals surface area contributed by atoms with Crippen LogP contribution in [0.2, 0.25) is 0 Å². The van der Waals surface area contributed by atoms with Crippen molar-refractivity contribution in [3.05, 3.63) is 53.5 Å². The van der Waals surface area contributed by atoms with Crippen LogP contribution in [0.3, 0.4) is 0 Å². The number of nitrogens with zero attached hydrogens (tertiary/aromatic N) is 2. The summed E-state index contributed by atoms with van der Waals surface area (Å²) in [5.41, 5.74) is 1.62. The largest absolute Gasteiger partial charge is 0.324 e. The van der Waals surface area contributed by atoms with Gasteiger partial charge in [0.05, 0.1) is 11.3 Å². The second kappa shape index (κ2) is 9.19. The van der Waals surface area contributed by atoms with Crippen LogP contribution in [-0.2, 0) is 11.2 Å². The van der Waals surface area contributed by atoms with Gasteiger partial charge in [-0.05, 0) is 36.6 Å². The summed E-state index contributed by atoms with van der Waals surface area (Å²) in [4.78, 5) is 16.5. The fourth-order valence-electron chi connectivity index (χ4n) is 2.22. The van der Waals surface area contributed by atoms with Crippen LogP contribution >= 0.6 is 11.8 Å². The maximum absolute atomic E-state index is 13.5. The summed E-state index contributed by atoms with van der Waals surface area (Å²) in [7, 11) is 0. The maximum atomic E-state index is 13.5. The Bertz CT molecular complexity index is 786. The van der Waals surface area contributed by atoms with Crippen LogP contribution in [0.15, 0.2) is 41.4 Å². The molecule has 0 spiro atoms. The van der Waals surface area contributed by atoms with E-state index in [1.807, 2.05) is 6.07 Å². The second-order valence-electron chi connectivity index (χ2n) is 5.99. The molecule has 1 amide bonds. The number of halogens is 1. The number of pyridine rings is 1. The number of rotatable bonds is 7. The third-order valence-corrected chi connectivity index (χ3v) is 4.36. The summed E-state index contributed by atoms with van der Waals surface area (Å²) in [6.45, 7) is 4.22. The van der Waals surface area contributed by atoms with Gasteiger partial charge in [0.1, 0.15) is 16.9 Å². The predicted octanol–water partition coefficient (Wildman–Crippen LogP) is 4.41. The Morgan fingerprint density at radius 1 is 1.32 bits per heavy atom. The smallest absolute Gasteiger partial charge is 0.225 e. The zero-order chi connectivity index (χ0) is 18.2. The van der Waals surface area contributed by atoms with Crippen molar-refractivity contribution in [1.29, 1.82) is 5.26 Å². The number of thioether (sulfide) groups is 1. The molecule has 0 bridgehead atoms. The van der Waals surface area contributed by atoms with Gasteiger partial charge in [-0.3, -0.25) is 4.79 Å². The molecule has 4 nitrogen and oxygen atoms in total. The van der Waals surface area contributed by atoms with Crippen LogP contribution in [0.4, 0.5) is 10.1 Å². The van der Waals surface area contributed by atoms with Crippen LogP contribution in [0, 0.1) is 23.1 Å². The molecule has 2 rings (SSSR count). The topological polar surface area (TPSA) is 65.8 Å². The van der Waals surface area contributed by atoms with E-state index in [4.69, 9.17) is 0 Å². The molecule has 1 aromatic carbocycles. The highest BCUT2D eigenvalue weighted by atomic mass is 32.2. The SMILES string of the molecule is CC(C)Cc1ccc(C#N)c(SCCC(=O)Nc2ccccc2F)n1. The summed E-state index contributed by atoms with van der Waals surface area (Å²) >= 11 is 1.37. The number of amides is 1. The quantitative estimate of drug-likeness (QED) is 0.745. The number of hydrogen-bond acceptors (Lipinski definition) is 4. The van der Waals surface area contributed by atoms with Crippen molar-refractivity contribution in [1.82, 2.24) is 4.98 Å². The summed E-state index contributed by atoms with van der Waals surface area (Å²) in [5, 5.41) is 12.4. The highest BCUT2D eigenvalue weighted by molar-refractivity contribution is 7.99. The zero-order valence-electron chi connectivity index (χ0n) is 14.3. The Hall–Kier alpha value is -2.39. The minimum absolute atomic E-state index is 0.173. The van der Waals surface area contributed by atoms with Crippen LogP contribution in [0.25, 0.3) is 0 Å². The first-order chi connectivity index (χ1) is 12.0. The third-order valence-electron chi connectivity index (χ3n) is 3.37. The molecule has 0 saturated carbocycles. The number of hydrogen-bond donors (Lipinski definition) is 1. The van der Waals surface area contributed by atoms with E-state index >= 15 is 0 Å². The molecule has 0 aliphatic heterocycles. The number of para-hydroxylation sites is 1. The van der Waals surface area contributed by atoms with E-state index < -0.39 is 5.82 Å². The lowest BCUT2D eigenvalue weighted by atomic mass is 10.1. The Balaban J connectivity index is 1.93. The standard InChI is InChI=1S/C19H20FN3OS/c1-13(2)11-15-8-7-14(12-21)19(22-15)25-10-9-18(24)23-17-6-4-3-5-16(17)20/h3-8,13H,9-11H2,1-2H3,(H,23,24). The monoisotopic (exact) mass is 357 g/mol. The van der Waals surface area contributed by atoms with Crippen molar-refractivity contribution in [3.8, 4) is 6.07 Å². The van der Waals surface area contributed by atoms with E-state index in [1.165, 1.54) is 23.9 Å². The van der Waals surface area contributed by atoms with Gasteiger partial charge < -0.3 is 5.32 Å². The van der Waals surface area contributed by atoms with Gasteiger partial charge in [-0.2, -0.15) is 5.26 Å². The van der Waals surface area contributed by atoms with Crippen LogP contribution in [0.5, 0.6) is 0 Å². The lowest BCUT2D eigenvalue weighted by molar-refractivity contribution is -0.115. The first-order valence-corrected chi connectivity index (χ1v) is 9.05. The summed E-state index contributed by atoms with van der Waals surface area (Å²) in [6.07, 6.45) is 1.05. The number of aromatic nitrogens is 1. The third kappa shape index (κ3) is 5.87. The van der Waals surface area contributed by atoms with E-state index in [9.17, 15) is 14.4 Å². The maximum Gasteiger partial charge on any atom is 0.225 e. The van der Waals surface area contributed by atoms with Crippen molar-refractivity contribution in [3.63, 3.8) is 0 Å². The first-order valence-electron chi connectivity index (χ1n) is 8.06. The normalized spacial score (nSPS) is 10.5. The van der Waals surface area contributed by atoms with Gasteiger partial charge in [-0.1, -0.05) is 26.0 Å². The van der Waals surface area contributed by atoms with Gasteiger partial charge in [-0.25, -0.2) is 9.37 Å². The van der Waals surface area contributed by atoms with Crippen molar-refractivity contribution in [2.45, 2.75) is 31.7 Å². The van der Waals surface area contributed by atoms with Crippen molar-refractivity contribution in [2.24, 2.45) is 5.92 Å². The summed E-state index contributed by atoms with van der Waals surface area (Å²) in [5.74, 6) is 0.213. The number of carbonyl (C=O) groups excluding carboxylic acids is 1. The molecular weight excluding hydrogens is 337 g/mol. The average molecular weight is 357 g/mol. The molecule has 1 N–H and O–H groups in total. The number of anilines is 1. The van der Waals surface area contributed by atoms with Crippen LogP contribution < -0.4 is 5.32 Å². The highest BCUT2D eigenvalue weighted by Gasteiger charge is 2.10. The fourth-order valence-corrected chi connectivity index (χ4v) is 3.15. The molecule has 0 aliphatic carbocycles. The molecule has 25 heavy (non-hydrogen) atoms. The van der Waals surface area contributed by atoms with Crippen LogP contribution in [-0.4, -0.2) is 16.6 Å². The first kappa shape index (κ1) is 18.9. The van der Waals surface area contributed by atoms with E-state index in [0.29, 0.717) is 22.3 Å². The average Bonchev–Trinajstić information content (AvgIpc) is 2.57. The number of carbonyl (C=O) groups is 1. The Morgan fingerprint density at radius 2 is 2.08 bits per heavy atom. The molecule has 1 heterocycles. The molecule has 1 aromatic heterocycles. The molecule has 0 fully saturated rings. The Labute approximate surface area is 151 Å². The molecule has 0 atom stereocenters. The second-order valence-corrected chi connectivity index (χ2v) is 7.08. The number of nitrogens with one attached hydrogen (secondary N) is 1. The van der Waals surface area contributed by atoms with E-state index in [-0.39, 0.29) is 18.0 Å².